The summed E-state index contributed by atoms with van der Waals surface area (Å²) < 4.78 is 6.71. The van der Waals surface area contributed by atoms with Gasteiger partial charge in [0.2, 0.25) is 6.71 Å². The van der Waals surface area contributed by atoms with Crippen LogP contribution in [0.1, 0.15) is 25.3 Å². The van der Waals surface area contributed by atoms with E-state index in [0.717, 1.165) is 11.5 Å². The van der Waals surface area contributed by atoms with E-state index in [2.05, 4.69) is 111 Å². The fourth-order valence-corrected chi connectivity index (χ4v) is 5.85. The largest absolute Gasteiger partial charge is 0.457 e. The van der Waals surface area contributed by atoms with Crippen LogP contribution in [0.4, 0.5) is 0 Å². The van der Waals surface area contributed by atoms with Crippen LogP contribution in [0.5, 0.6) is 11.5 Å². The first kappa shape index (κ1) is 18.8. The average molecular weight is 422 g/mol. The summed E-state index contributed by atoms with van der Waals surface area (Å²) in [6.45, 7) is 4.68. The molecule has 2 heteroatoms. The minimum Gasteiger partial charge on any atom is -0.457 e. The topological polar surface area (TPSA) is 9.23 Å². The highest BCUT2D eigenvalue weighted by Crippen LogP contribution is 2.43. The zero-order valence-electron chi connectivity index (χ0n) is 18.8. The molecule has 33 heavy (non-hydrogen) atoms. The Balaban J connectivity index is 1.68. The highest BCUT2D eigenvalue weighted by Gasteiger charge is 2.32. The molecule has 0 N–H and O–H groups in total. The van der Waals surface area contributed by atoms with Gasteiger partial charge in [-0.1, -0.05) is 110 Å². The van der Waals surface area contributed by atoms with Crippen molar-refractivity contribution in [3.63, 3.8) is 0 Å². The lowest BCUT2D eigenvalue weighted by Crippen LogP contribution is -2.51. The highest BCUT2D eigenvalue weighted by atomic mass is 16.5. The molecule has 7 rings (SSSR count). The van der Waals surface area contributed by atoms with Crippen LogP contribution < -0.4 is 21.1 Å². The molecule has 1 aliphatic rings. The molecule has 0 atom stereocenters. The summed E-state index contributed by atoms with van der Waals surface area (Å²) >= 11 is 0. The van der Waals surface area contributed by atoms with Crippen LogP contribution in [0.25, 0.3) is 32.3 Å². The lowest BCUT2D eigenvalue weighted by molar-refractivity contribution is 0.493. The Labute approximate surface area is 194 Å². The molecule has 6 aromatic carbocycles. The summed E-state index contributed by atoms with van der Waals surface area (Å²) in [5.74, 6) is 2.37. The molecule has 6 aromatic rings. The Morgan fingerprint density at radius 1 is 0.606 bits per heavy atom. The molecule has 0 amide bonds. The quantitative estimate of drug-likeness (QED) is 0.234. The molecule has 1 heterocycles. The van der Waals surface area contributed by atoms with Crippen LogP contribution in [0.15, 0.2) is 97.1 Å². The predicted molar refractivity (Wildman–Crippen MR) is 142 cm³/mol. The van der Waals surface area contributed by atoms with Gasteiger partial charge in [-0.25, -0.2) is 0 Å². The number of hydrogen-bond donors (Lipinski definition) is 0. The van der Waals surface area contributed by atoms with E-state index in [1.165, 1.54) is 54.3 Å². The van der Waals surface area contributed by atoms with Gasteiger partial charge in [0.15, 0.2) is 0 Å². The summed E-state index contributed by atoms with van der Waals surface area (Å²) in [4.78, 5) is 0. The van der Waals surface area contributed by atoms with Gasteiger partial charge in [0.25, 0.3) is 0 Å². The van der Waals surface area contributed by atoms with E-state index in [0.29, 0.717) is 5.92 Å². The monoisotopic (exact) mass is 422 g/mol. The minimum atomic E-state index is 0.123. The van der Waals surface area contributed by atoms with E-state index < -0.39 is 0 Å². The molecule has 1 aliphatic heterocycles. The number of rotatable bonds is 2. The van der Waals surface area contributed by atoms with Gasteiger partial charge in [0.05, 0.1) is 0 Å². The Kier molecular flexibility index (Phi) is 3.90. The van der Waals surface area contributed by atoms with Crippen molar-refractivity contribution in [3.8, 4) is 11.5 Å². The van der Waals surface area contributed by atoms with Crippen molar-refractivity contribution in [1.29, 1.82) is 0 Å². The number of hydrogen-bond acceptors (Lipinski definition) is 1. The van der Waals surface area contributed by atoms with Crippen molar-refractivity contribution in [1.82, 2.24) is 0 Å². The molecule has 156 valence electrons. The fourth-order valence-electron chi connectivity index (χ4n) is 5.85. The number of fused-ring (bicyclic) bond motifs is 1. The summed E-state index contributed by atoms with van der Waals surface area (Å²) in [6, 6.07) is 35.4. The van der Waals surface area contributed by atoms with Crippen LogP contribution >= 0.6 is 0 Å². The van der Waals surface area contributed by atoms with Crippen LogP contribution in [-0.2, 0) is 0 Å². The van der Waals surface area contributed by atoms with E-state index in [1.54, 1.807) is 0 Å². The van der Waals surface area contributed by atoms with Crippen LogP contribution in [-0.4, -0.2) is 6.71 Å². The summed E-state index contributed by atoms with van der Waals surface area (Å²) in [6.07, 6.45) is 0. The maximum atomic E-state index is 6.71. The lowest BCUT2D eigenvalue weighted by Gasteiger charge is -2.20. The Morgan fingerprint density at radius 3 is 2.21 bits per heavy atom. The van der Waals surface area contributed by atoms with Crippen molar-refractivity contribution in [2.24, 2.45) is 0 Å². The Bertz CT molecular complexity index is 1670. The molecule has 0 aliphatic carbocycles. The first-order chi connectivity index (χ1) is 16.2. The summed E-state index contributed by atoms with van der Waals surface area (Å²) in [7, 11) is 0. The molecule has 0 saturated heterocycles. The van der Waals surface area contributed by atoms with Crippen molar-refractivity contribution in [3.05, 3.63) is 103 Å². The van der Waals surface area contributed by atoms with Crippen molar-refractivity contribution < 1.29 is 4.74 Å². The molecular weight excluding hydrogens is 399 g/mol. The normalized spacial score (nSPS) is 13.0. The van der Waals surface area contributed by atoms with E-state index >= 15 is 0 Å². The van der Waals surface area contributed by atoms with Crippen molar-refractivity contribution >= 4 is 55.4 Å². The van der Waals surface area contributed by atoms with Gasteiger partial charge in [-0.3, -0.25) is 0 Å². The molecule has 0 radical (unpaired) electrons. The Morgan fingerprint density at radius 2 is 1.36 bits per heavy atom. The van der Waals surface area contributed by atoms with Crippen LogP contribution in [0.2, 0.25) is 0 Å². The maximum Gasteiger partial charge on any atom is 0.247 e. The van der Waals surface area contributed by atoms with E-state index in [9.17, 15) is 0 Å². The van der Waals surface area contributed by atoms with Gasteiger partial charge in [-0.05, 0) is 50.6 Å². The second kappa shape index (κ2) is 6.86. The molecule has 1 nitrogen and oxygen atoms in total. The maximum absolute atomic E-state index is 6.71. The van der Waals surface area contributed by atoms with Gasteiger partial charge in [-0.2, -0.15) is 0 Å². The standard InChI is InChI=1S/C31H23BO/c1-19(2)23-15-13-21-18-28-31-26(17-14-20-12-16-24(23)29(21)30(20)31)32(22-8-4-3-5-9-22)25-10-6-7-11-27(25)33-28/h3-19H,1-2H3. The smallest absolute Gasteiger partial charge is 0.247 e. The third kappa shape index (κ3) is 2.61. The second-order valence-electron chi connectivity index (χ2n) is 9.51. The van der Waals surface area contributed by atoms with E-state index in [1.807, 2.05) is 0 Å². The van der Waals surface area contributed by atoms with Gasteiger partial charge >= 0.3 is 0 Å². The first-order valence-electron chi connectivity index (χ1n) is 11.8. The zero-order valence-corrected chi connectivity index (χ0v) is 18.8. The lowest BCUT2D eigenvalue weighted by atomic mass is 9.36. The summed E-state index contributed by atoms with van der Waals surface area (Å²) in [5, 5.41) is 7.81. The first-order valence-corrected chi connectivity index (χ1v) is 11.8. The van der Waals surface area contributed by atoms with Crippen LogP contribution in [0.3, 0.4) is 0 Å². The molecule has 0 saturated carbocycles. The van der Waals surface area contributed by atoms with E-state index in [4.69, 9.17) is 4.74 Å². The third-order valence-corrected chi connectivity index (χ3v) is 7.31. The number of ether oxygens (including phenoxy) is 1. The zero-order chi connectivity index (χ0) is 22.1. The van der Waals surface area contributed by atoms with Crippen molar-refractivity contribution in [2.75, 3.05) is 0 Å². The van der Waals surface area contributed by atoms with E-state index in [-0.39, 0.29) is 6.71 Å². The predicted octanol–water partition coefficient (Wildman–Crippen LogP) is 6.33. The molecule has 0 spiro atoms. The van der Waals surface area contributed by atoms with Crippen LogP contribution in [0, 0.1) is 0 Å². The average Bonchev–Trinajstić information content (AvgIpc) is 2.99. The summed E-state index contributed by atoms with van der Waals surface area (Å²) in [5.41, 5.74) is 5.23. The molecule has 0 unspecified atom stereocenters. The minimum absolute atomic E-state index is 0.123. The van der Waals surface area contributed by atoms with Gasteiger partial charge in [0.1, 0.15) is 11.5 Å². The number of para-hydroxylation sites is 1. The number of benzene rings is 6. The van der Waals surface area contributed by atoms with Crippen molar-refractivity contribution in [2.45, 2.75) is 19.8 Å². The SMILES string of the molecule is CC(C)c1ccc2cc3c4c(ccc5ccc1c2c54)B(c1ccccc1)c1ccccc1O3. The third-order valence-electron chi connectivity index (χ3n) is 7.31. The molecule has 0 bridgehead atoms. The molecule has 0 aromatic heterocycles. The molecule has 0 fully saturated rings. The molecular formula is C31H23BO. The van der Waals surface area contributed by atoms with Gasteiger partial charge in [0, 0.05) is 10.8 Å². The second-order valence-corrected chi connectivity index (χ2v) is 9.51. The fraction of sp³-hybridized carbons (Fsp3) is 0.0968. The van der Waals surface area contributed by atoms with Gasteiger partial charge in [-0.15, -0.1) is 0 Å². The highest BCUT2D eigenvalue weighted by molar-refractivity contribution is 6.97. The Hall–Kier alpha value is -3.78. The van der Waals surface area contributed by atoms with Gasteiger partial charge < -0.3 is 4.74 Å².